The third-order valence-corrected chi connectivity index (χ3v) is 7.37. The minimum absolute atomic E-state index is 0.0379. The number of carbonyl (C=O) groups is 1. The van der Waals surface area contributed by atoms with E-state index in [-0.39, 0.29) is 17.1 Å². The fraction of sp³-hybridized carbons (Fsp3) is 0.231. The van der Waals surface area contributed by atoms with E-state index < -0.39 is 11.3 Å². The first-order valence-electron chi connectivity index (χ1n) is 11.7. The smallest absolute Gasteiger partial charge is 0.274 e. The van der Waals surface area contributed by atoms with Crippen molar-refractivity contribution in [3.05, 3.63) is 81.4 Å². The summed E-state index contributed by atoms with van der Waals surface area (Å²) in [4.78, 5) is 37.3. The van der Waals surface area contributed by atoms with Crippen LogP contribution in [0.1, 0.15) is 17.4 Å². The molecule has 9 nitrogen and oxygen atoms in total. The summed E-state index contributed by atoms with van der Waals surface area (Å²) in [6, 6.07) is 17.4. The van der Waals surface area contributed by atoms with Gasteiger partial charge in [-0.1, -0.05) is 42.1 Å². The molecule has 37 heavy (non-hydrogen) atoms. The third kappa shape index (κ3) is 5.34. The Hall–Kier alpha value is -3.41. The molecule has 11 heteroatoms. The number of anilines is 2. The van der Waals surface area contributed by atoms with Crippen molar-refractivity contribution in [3.63, 3.8) is 0 Å². The van der Waals surface area contributed by atoms with E-state index in [4.69, 9.17) is 10.5 Å². The number of nitrogens with zero attached hydrogens (tertiary/aromatic N) is 4. The lowest BCUT2D eigenvalue weighted by Crippen LogP contribution is -2.37. The number of para-hydroxylation sites is 1. The second kappa shape index (κ2) is 10.9. The maximum Gasteiger partial charge on any atom is 0.274 e. The number of hydrogen-bond acceptors (Lipinski definition) is 8. The fourth-order valence-electron chi connectivity index (χ4n) is 4.30. The molecule has 2 aromatic carbocycles. The third-order valence-electron chi connectivity index (χ3n) is 5.98. The summed E-state index contributed by atoms with van der Waals surface area (Å²) in [6.07, 6.45) is 1.43. The van der Waals surface area contributed by atoms with Crippen LogP contribution in [-0.2, 0) is 4.74 Å². The average Bonchev–Trinajstić information content (AvgIpc) is 2.90. The van der Waals surface area contributed by atoms with Crippen LogP contribution in [0, 0.1) is 0 Å². The van der Waals surface area contributed by atoms with Crippen molar-refractivity contribution in [1.82, 2.24) is 19.9 Å². The topological polar surface area (TPSA) is 115 Å². The number of ether oxygens (including phenoxy) is 1. The van der Waals surface area contributed by atoms with E-state index in [9.17, 15) is 9.59 Å². The number of nitrogens with one attached hydrogen (secondary N) is 1. The van der Waals surface area contributed by atoms with E-state index in [0.29, 0.717) is 28.2 Å². The Kier molecular flexibility index (Phi) is 7.45. The molecule has 0 saturated carbocycles. The van der Waals surface area contributed by atoms with Crippen LogP contribution in [-0.4, -0.2) is 52.1 Å². The number of benzene rings is 2. The van der Waals surface area contributed by atoms with Gasteiger partial charge < -0.3 is 20.7 Å². The van der Waals surface area contributed by atoms with Crippen molar-refractivity contribution < 1.29 is 9.53 Å². The standard InChI is InChI=1S/C26H25BrN6O3S/c1-16(30-25(34)23-24(28)29-15-20(27)31-23)37-21-14-17-6-5-9-19(32-10-12-36-13-11-32)22(17)26(35)33(21)18-7-3-2-4-8-18/h2-9,14-16H,10-13H2,1H3,(H2,28,29)(H,30,34)/t16-/m1/s1. The van der Waals surface area contributed by atoms with Crippen LogP contribution in [0.2, 0.25) is 0 Å². The Morgan fingerprint density at radius 3 is 2.68 bits per heavy atom. The van der Waals surface area contributed by atoms with Crippen molar-refractivity contribution in [2.24, 2.45) is 0 Å². The number of morpholine rings is 1. The maximum atomic E-state index is 14.1. The van der Waals surface area contributed by atoms with Gasteiger partial charge in [-0.25, -0.2) is 9.97 Å². The summed E-state index contributed by atoms with van der Waals surface area (Å²) in [5.74, 6) is -0.407. The van der Waals surface area contributed by atoms with Gasteiger partial charge in [0.25, 0.3) is 11.5 Å². The van der Waals surface area contributed by atoms with Crippen LogP contribution in [0.25, 0.3) is 16.5 Å². The van der Waals surface area contributed by atoms with Gasteiger partial charge in [-0.3, -0.25) is 14.2 Å². The van der Waals surface area contributed by atoms with Gasteiger partial charge in [0, 0.05) is 18.8 Å². The summed E-state index contributed by atoms with van der Waals surface area (Å²) in [7, 11) is 0. The fourth-order valence-corrected chi connectivity index (χ4v) is 5.60. The Morgan fingerprint density at radius 1 is 1.16 bits per heavy atom. The Labute approximate surface area is 226 Å². The first-order valence-corrected chi connectivity index (χ1v) is 13.4. The Morgan fingerprint density at radius 2 is 1.92 bits per heavy atom. The summed E-state index contributed by atoms with van der Waals surface area (Å²) in [6.45, 7) is 4.55. The Balaban J connectivity index is 1.55. The summed E-state index contributed by atoms with van der Waals surface area (Å²) in [5, 5.41) is 4.70. The molecule has 2 aromatic heterocycles. The summed E-state index contributed by atoms with van der Waals surface area (Å²) < 4.78 is 7.63. The van der Waals surface area contributed by atoms with Gasteiger partial charge in [0.05, 0.1) is 40.9 Å². The lowest BCUT2D eigenvalue weighted by Gasteiger charge is -2.30. The molecule has 1 aliphatic heterocycles. The molecule has 4 aromatic rings. The van der Waals surface area contributed by atoms with E-state index in [2.05, 4.69) is 36.1 Å². The van der Waals surface area contributed by atoms with E-state index >= 15 is 0 Å². The van der Waals surface area contributed by atoms with Crippen molar-refractivity contribution in [1.29, 1.82) is 0 Å². The number of thioether (sulfide) groups is 1. The van der Waals surface area contributed by atoms with Crippen molar-refractivity contribution >= 4 is 55.9 Å². The number of carbonyl (C=O) groups excluding carboxylic acids is 1. The van der Waals surface area contributed by atoms with Gasteiger partial charge >= 0.3 is 0 Å². The van der Waals surface area contributed by atoms with Gasteiger partial charge in [0.15, 0.2) is 11.5 Å². The number of fused-ring (bicyclic) bond motifs is 1. The molecule has 0 spiro atoms. The van der Waals surface area contributed by atoms with E-state index in [1.54, 1.807) is 4.57 Å². The average molecular weight is 581 g/mol. The molecule has 1 atom stereocenters. The number of aromatic nitrogens is 3. The van der Waals surface area contributed by atoms with Crippen LogP contribution >= 0.6 is 27.7 Å². The second-order valence-corrected chi connectivity index (χ2v) is 10.6. The highest BCUT2D eigenvalue weighted by atomic mass is 79.9. The predicted octanol–water partition coefficient (Wildman–Crippen LogP) is 3.83. The highest BCUT2D eigenvalue weighted by Gasteiger charge is 2.22. The lowest BCUT2D eigenvalue weighted by atomic mass is 10.1. The van der Waals surface area contributed by atoms with E-state index in [1.165, 1.54) is 18.0 Å². The van der Waals surface area contributed by atoms with Gasteiger partial charge in [-0.2, -0.15) is 0 Å². The minimum atomic E-state index is -0.449. The molecule has 0 bridgehead atoms. The molecule has 0 radical (unpaired) electrons. The molecule has 5 rings (SSSR count). The molecule has 1 aliphatic rings. The van der Waals surface area contributed by atoms with E-state index in [1.807, 2.05) is 61.5 Å². The molecular formula is C26H25BrN6O3S. The number of pyridine rings is 1. The van der Waals surface area contributed by atoms with Crippen molar-refractivity contribution in [2.45, 2.75) is 17.3 Å². The highest BCUT2D eigenvalue weighted by molar-refractivity contribution is 9.10. The Bertz CT molecular complexity index is 1510. The van der Waals surface area contributed by atoms with Crippen LogP contribution in [0.15, 0.2) is 75.2 Å². The van der Waals surface area contributed by atoms with Crippen LogP contribution in [0.3, 0.4) is 0 Å². The van der Waals surface area contributed by atoms with E-state index in [0.717, 1.165) is 29.9 Å². The number of halogens is 1. The van der Waals surface area contributed by atoms with Crippen LogP contribution in [0.5, 0.6) is 0 Å². The maximum absolute atomic E-state index is 14.1. The summed E-state index contributed by atoms with van der Waals surface area (Å²) >= 11 is 4.59. The van der Waals surface area contributed by atoms with Gasteiger partial charge in [0.1, 0.15) is 4.60 Å². The van der Waals surface area contributed by atoms with Crippen LogP contribution in [0.4, 0.5) is 11.5 Å². The number of nitrogen functional groups attached to an aromatic ring is 1. The van der Waals surface area contributed by atoms with Crippen LogP contribution < -0.4 is 21.5 Å². The summed E-state index contributed by atoms with van der Waals surface area (Å²) in [5.41, 5.74) is 7.42. The van der Waals surface area contributed by atoms with Crippen molar-refractivity contribution in [2.75, 3.05) is 36.9 Å². The molecule has 190 valence electrons. The molecule has 3 heterocycles. The molecule has 0 aliphatic carbocycles. The number of nitrogens with two attached hydrogens (primary N) is 1. The zero-order chi connectivity index (χ0) is 25.9. The molecule has 3 N–H and O–H groups in total. The number of hydrogen-bond donors (Lipinski definition) is 2. The molecule has 1 saturated heterocycles. The minimum Gasteiger partial charge on any atom is -0.382 e. The SMILES string of the molecule is C[C@H](NC(=O)c1nc(Br)cnc1N)Sc1cc2cccc(N3CCOCC3)c2c(=O)n1-c1ccccc1. The largest absolute Gasteiger partial charge is 0.382 e. The zero-order valence-electron chi connectivity index (χ0n) is 20.1. The van der Waals surface area contributed by atoms with Gasteiger partial charge in [0.2, 0.25) is 0 Å². The normalized spacial score (nSPS) is 14.5. The van der Waals surface area contributed by atoms with Crippen molar-refractivity contribution in [3.8, 4) is 5.69 Å². The zero-order valence-corrected chi connectivity index (χ0v) is 22.5. The first kappa shape index (κ1) is 25.2. The predicted molar refractivity (Wildman–Crippen MR) is 150 cm³/mol. The molecule has 1 amide bonds. The monoisotopic (exact) mass is 580 g/mol. The number of rotatable bonds is 6. The molecule has 1 fully saturated rings. The van der Waals surface area contributed by atoms with Gasteiger partial charge in [-0.15, -0.1) is 0 Å². The quantitative estimate of drug-likeness (QED) is 0.261. The first-order chi connectivity index (χ1) is 17.9. The molecule has 0 unspecified atom stereocenters. The lowest BCUT2D eigenvalue weighted by molar-refractivity contribution is 0.0947. The molecular weight excluding hydrogens is 556 g/mol. The highest BCUT2D eigenvalue weighted by Crippen LogP contribution is 2.31. The number of amides is 1. The van der Waals surface area contributed by atoms with Gasteiger partial charge in [-0.05, 0) is 52.5 Å². The second-order valence-electron chi connectivity index (χ2n) is 8.46.